The van der Waals surface area contributed by atoms with Gasteiger partial charge in [0.05, 0.1) is 11.4 Å². The van der Waals surface area contributed by atoms with E-state index in [1.54, 1.807) is 0 Å². The fraction of sp³-hybridized carbons (Fsp3) is 0.438. The summed E-state index contributed by atoms with van der Waals surface area (Å²) < 4.78 is 0. The SMILES string of the molecule is CC(C)c1ncc2c(n1)CN(Cc1ccccn1)CC2. The Bertz CT molecular complexity index is 580. The van der Waals surface area contributed by atoms with Crippen molar-refractivity contribution in [2.24, 2.45) is 0 Å². The zero-order valence-corrected chi connectivity index (χ0v) is 12.1. The molecule has 1 aliphatic heterocycles. The summed E-state index contributed by atoms with van der Waals surface area (Å²) >= 11 is 0. The molecular weight excluding hydrogens is 248 g/mol. The molecule has 4 nitrogen and oxygen atoms in total. The van der Waals surface area contributed by atoms with Crippen LogP contribution in [0.3, 0.4) is 0 Å². The summed E-state index contributed by atoms with van der Waals surface area (Å²) in [6.45, 7) is 7.11. The van der Waals surface area contributed by atoms with Crippen LogP contribution in [0.25, 0.3) is 0 Å². The van der Waals surface area contributed by atoms with Crippen LogP contribution in [0.4, 0.5) is 0 Å². The first-order chi connectivity index (χ1) is 9.72. The second kappa shape index (κ2) is 5.67. The quantitative estimate of drug-likeness (QED) is 0.858. The summed E-state index contributed by atoms with van der Waals surface area (Å²) in [4.78, 5) is 16.0. The maximum absolute atomic E-state index is 4.73. The zero-order chi connectivity index (χ0) is 13.9. The Balaban J connectivity index is 1.75. The largest absolute Gasteiger partial charge is 0.291 e. The summed E-state index contributed by atoms with van der Waals surface area (Å²) in [5, 5.41) is 0. The smallest absolute Gasteiger partial charge is 0.131 e. The lowest BCUT2D eigenvalue weighted by atomic mass is 10.1. The van der Waals surface area contributed by atoms with Crippen molar-refractivity contribution in [2.45, 2.75) is 39.3 Å². The molecule has 0 aliphatic carbocycles. The van der Waals surface area contributed by atoms with Gasteiger partial charge in [-0.2, -0.15) is 0 Å². The number of fused-ring (bicyclic) bond motifs is 1. The third-order valence-electron chi connectivity index (χ3n) is 3.67. The molecule has 20 heavy (non-hydrogen) atoms. The molecule has 3 rings (SSSR count). The second-order valence-electron chi connectivity index (χ2n) is 5.64. The summed E-state index contributed by atoms with van der Waals surface area (Å²) in [5.74, 6) is 1.33. The van der Waals surface area contributed by atoms with E-state index in [2.05, 4.69) is 34.8 Å². The van der Waals surface area contributed by atoms with Gasteiger partial charge >= 0.3 is 0 Å². The first-order valence-corrected chi connectivity index (χ1v) is 7.19. The normalized spacial score (nSPS) is 15.3. The molecule has 2 aromatic heterocycles. The Labute approximate surface area is 119 Å². The number of hydrogen-bond acceptors (Lipinski definition) is 4. The lowest BCUT2D eigenvalue weighted by Gasteiger charge is -2.27. The van der Waals surface area contributed by atoms with Crippen molar-refractivity contribution in [1.29, 1.82) is 0 Å². The van der Waals surface area contributed by atoms with Crippen LogP contribution in [0.2, 0.25) is 0 Å². The average Bonchev–Trinajstić information content (AvgIpc) is 2.47. The first kappa shape index (κ1) is 13.2. The molecule has 2 aromatic rings. The van der Waals surface area contributed by atoms with E-state index in [1.807, 2.05) is 24.5 Å². The molecule has 0 radical (unpaired) electrons. The molecule has 0 saturated heterocycles. The van der Waals surface area contributed by atoms with E-state index in [9.17, 15) is 0 Å². The van der Waals surface area contributed by atoms with E-state index in [0.29, 0.717) is 5.92 Å². The van der Waals surface area contributed by atoms with Crippen molar-refractivity contribution in [3.63, 3.8) is 0 Å². The summed E-state index contributed by atoms with van der Waals surface area (Å²) in [5.41, 5.74) is 3.60. The van der Waals surface area contributed by atoms with E-state index >= 15 is 0 Å². The van der Waals surface area contributed by atoms with Gasteiger partial charge in [-0.15, -0.1) is 0 Å². The number of nitrogens with zero attached hydrogens (tertiary/aromatic N) is 4. The van der Waals surface area contributed by atoms with Crippen molar-refractivity contribution < 1.29 is 0 Å². The van der Waals surface area contributed by atoms with Crippen LogP contribution < -0.4 is 0 Å². The fourth-order valence-electron chi connectivity index (χ4n) is 2.51. The van der Waals surface area contributed by atoms with Gasteiger partial charge < -0.3 is 0 Å². The molecule has 0 aromatic carbocycles. The summed E-state index contributed by atoms with van der Waals surface area (Å²) in [7, 11) is 0. The van der Waals surface area contributed by atoms with Crippen LogP contribution in [0, 0.1) is 0 Å². The van der Waals surface area contributed by atoms with Gasteiger partial charge in [0.1, 0.15) is 5.82 Å². The van der Waals surface area contributed by atoms with Gasteiger partial charge in [-0.1, -0.05) is 19.9 Å². The van der Waals surface area contributed by atoms with Gasteiger partial charge in [-0.25, -0.2) is 9.97 Å². The summed E-state index contributed by atoms with van der Waals surface area (Å²) in [6, 6.07) is 6.07. The van der Waals surface area contributed by atoms with Crippen molar-refractivity contribution in [3.8, 4) is 0 Å². The van der Waals surface area contributed by atoms with Crippen LogP contribution in [0.15, 0.2) is 30.6 Å². The molecule has 0 fully saturated rings. The van der Waals surface area contributed by atoms with Crippen molar-refractivity contribution in [2.75, 3.05) is 6.54 Å². The second-order valence-corrected chi connectivity index (χ2v) is 5.64. The van der Waals surface area contributed by atoms with E-state index in [4.69, 9.17) is 4.98 Å². The Kier molecular flexibility index (Phi) is 3.74. The Hall–Kier alpha value is -1.81. The molecular formula is C16H20N4. The molecule has 0 bridgehead atoms. The molecule has 0 N–H and O–H groups in total. The maximum atomic E-state index is 4.73. The molecule has 4 heteroatoms. The van der Waals surface area contributed by atoms with Crippen molar-refractivity contribution in [1.82, 2.24) is 19.9 Å². The zero-order valence-electron chi connectivity index (χ0n) is 12.1. The molecule has 0 saturated carbocycles. The number of pyridine rings is 1. The van der Waals surface area contributed by atoms with E-state index in [0.717, 1.165) is 37.6 Å². The molecule has 3 heterocycles. The van der Waals surface area contributed by atoms with Gasteiger partial charge in [0, 0.05) is 37.9 Å². The lowest BCUT2D eigenvalue weighted by molar-refractivity contribution is 0.238. The van der Waals surface area contributed by atoms with Gasteiger partial charge in [0.2, 0.25) is 0 Å². The minimum Gasteiger partial charge on any atom is -0.291 e. The topological polar surface area (TPSA) is 41.9 Å². The van der Waals surface area contributed by atoms with Crippen molar-refractivity contribution in [3.05, 3.63) is 53.4 Å². The van der Waals surface area contributed by atoms with Gasteiger partial charge in [-0.3, -0.25) is 9.88 Å². The average molecular weight is 268 g/mol. The third kappa shape index (κ3) is 2.85. The van der Waals surface area contributed by atoms with Crippen LogP contribution >= 0.6 is 0 Å². The number of hydrogen-bond donors (Lipinski definition) is 0. The Morgan fingerprint density at radius 2 is 2.15 bits per heavy atom. The molecule has 0 spiro atoms. The van der Waals surface area contributed by atoms with Crippen LogP contribution in [0.5, 0.6) is 0 Å². The maximum Gasteiger partial charge on any atom is 0.131 e. The summed E-state index contributed by atoms with van der Waals surface area (Å²) in [6.07, 6.45) is 4.89. The molecule has 104 valence electrons. The van der Waals surface area contributed by atoms with E-state index in [-0.39, 0.29) is 0 Å². The fourth-order valence-corrected chi connectivity index (χ4v) is 2.51. The Morgan fingerprint density at radius 3 is 2.90 bits per heavy atom. The minimum atomic E-state index is 0.381. The van der Waals surface area contributed by atoms with E-state index in [1.165, 1.54) is 11.3 Å². The highest BCUT2D eigenvalue weighted by molar-refractivity contribution is 5.21. The minimum absolute atomic E-state index is 0.381. The van der Waals surface area contributed by atoms with Gasteiger partial charge in [0.25, 0.3) is 0 Å². The van der Waals surface area contributed by atoms with E-state index < -0.39 is 0 Å². The highest BCUT2D eigenvalue weighted by Crippen LogP contribution is 2.19. The predicted octanol–water partition coefficient (Wildman–Crippen LogP) is 2.55. The van der Waals surface area contributed by atoms with Gasteiger partial charge in [0.15, 0.2) is 0 Å². The predicted molar refractivity (Wildman–Crippen MR) is 78.2 cm³/mol. The van der Waals surface area contributed by atoms with Crippen molar-refractivity contribution >= 4 is 0 Å². The molecule has 1 aliphatic rings. The van der Waals surface area contributed by atoms with Gasteiger partial charge in [-0.05, 0) is 24.1 Å². The third-order valence-corrected chi connectivity index (χ3v) is 3.67. The standard InChI is InChI=1S/C16H20N4/c1-12(2)16-18-9-13-6-8-20(11-15(13)19-16)10-14-5-3-4-7-17-14/h3-5,7,9,12H,6,8,10-11H2,1-2H3. The molecule has 0 amide bonds. The monoisotopic (exact) mass is 268 g/mol. The van der Waals surface area contributed by atoms with Crippen LogP contribution in [-0.2, 0) is 19.5 Å². The molecule has 0 atom stereocenters. The van der Waals surface area contributed by atoms with Crippen LogP contribution in [-0.4, -0.2) is 26.4 Å². The first-order valence-electron chi connectivity index (χ1n) is 7.19. The highest BCUT2D eigenvalue weighted by Gasteiger charge is 2.19. The number of rotatable bonds is 3. The Morgan fingerprint density at radius 1 is 1.25 bits per heavy atom. The number of aromatic nitrogens is 3. The highest BCUT2D eigenvalue weighted by atomic mass is 15.1. The van der Waals surface area contributed by atoms with Crippen LogP contribution in [0.1, 0.15) is 42.5 Å². The molecule has 0 unspecified atom stereocenters. The lowest BCUT2D eigenvalue weighted by Crippen LogP contribution is -2.31.